The molecule has 0 atom stereocenters. The molecule has 2 rings (SSSR count). The van der Waals surface area contributed by atoms with Crippen LogP contribution in [0.15, 0.2) is 41.0 Å². The molecule has 4 heteroatoms. The second kappa shape index (κ2) is 4.61. The molecule has 0 radical (unpaired) electrons. The first-order valence-electron chi connectivity index (χ1n) is 4.86. The molecule has 0 N–H and O–H groups in total. The van der Waals surface area contributed by atoms with Crippen molar-refractivity contribution < 1.29 is 13.9 Å². The fraction of sp³-hybridized carbons (Fsp3) is 0.167. The van der Waals surface area contributed by atoms with Crippen LogP contribution in [-0.2, 0) is 16.0 Å². The number of ether oxygens (including phenoxy) is 1. The molecule has 16 heavy (non-hydrogen) atoms. The smallest absolute Gasteiger partial charge is 0.311 e. The van der Waals surface area contributed by atoms with E-state index in [0.29, 0.717) is 11.6 Å². The quantitative estimate of drug-likeness (QED) is 0.738. The Hall–Kier alpha value is -2.10. The van der Waals surface area contributed by atoms with Crippen LogP contribution in [0, 0.1) is 0 Å². The molecule has 0 spiro atoms. The number of benzene rings is 1. The van der Waals surface area contributed by atoms with Gasteiger partial charge in [-0.05, 0) is 12.1 Å². The number of aromatic nitrogens is 1. The van der Waals surface area contributed by atoms with E-state index < -0.39 is 0 Å². The number of carbonyl (C=O) groups is 1. The largest absolute Gasteiger partial charge is 0.469 e. The van der Waals surface area contributed by atoms with Gasteiger partial charge in [-0.1, -0.05) is 18.2 Å². The van der Waals surface area contributed by atoms with Gasteiger partial charge in [0.1, 0.15) is 6.26 Å². The molecule has 1 aromatic heterocycles. The van der Waals surface area contributed by atoms with E-state index in [-0.39, 0.29) is 12.4 Å². The van der Waals surface area contributed by atoms with Crippen molar-refractivity contribution in [2.45, 2.75) is 6.42 Å². The summed E-state index contributed by atoms with van der Waals surface area (Å²) in [7, 11) is 1.35. The zero-order valence-electron chi connectivity index (χ0n) is 8.84. The van der Waals surface area contributed by atoms with Gasteiger partial charge in [-0.3, -0.25) is 4.79 Å². The highest BCUT2D eigenvalue weighted by Gasteiger charge is 2.09. The van der Waals surface area contributed by atoms with Crippen molar-refractivity contribution >= 4 is 5.97 Å². The lowest BCUT2D eigenvalue weighted by Gasteiger charge is -1.93. The van der Waals surface area contributed by atoms with Crippen LogP contribution in [0.3, 0.4) is 0 Å². The minimum Gasteiger partial charge on any atom is -0.469 e. The van der Waals surface area contributed by atoms with Gasteiger partial charge in [-0.25, -0.2) is 4.98 Å². The average molecular weight is 217 g/mol. The molecule has 1 heterocycles. The van der Waals surface area contributed by atoms with Crippen LogP contribution in [0.2, 0.25) is 0 Å². The Morgan fingerprint density at radius 1 is 1.38 bits per heavy atom. The van der Waals surface area contributed by atoms with E-state index in [1.54, 1.807) is 0 Å². The van der Waals surface area contributed by atoms with Crippen LogP contribution in [0.1, 0.15) is 5.69 Å². The average Bonchev–Trinajstić information content (AvgIpc) is 2.78. The highest BCUT2D eigenvalue weighted by molar-refractivity contribution is 5.71. The predicted molar refractivity (Wildman–Crippen MR) is 57.7 cm³/mol. The molecule has 0 bridgehead atoms. The summed E-state index contributed by atoms with van der Waals surface area (Å²) in [4.78, 5) is 15.2. The summed E-state index contributed by atoms with van der Waals surface area (Å²) in [6.45, 7) is 0. The van der Waals surface area contributed by atoms with Crippen molar-refractivity contribution in [1.29, 1.82) is 0 Å². The number of hydrogen-bond acceptors (Lipinski definition) is 4. The topological polar surface area (TPSA) is 52.3 Å². The molecule has 0 amide bonds. The third kappa shape index (κ3) is 2.28. The Kier molecular flexibility index (Phi) is 3.00. The summed E-state index contributed by atoms with van der Waals surface area (Å²) in [6.07, 6.45) is 1.60. The van der Waals surface area contributed by atoms with Gasteiger partial charge in [0.05, 0.1) is 19.2 Å². The van der Waals surface area contributed by atoms with Crippen molar-refractivity contribution in [2.75, 3.05) is 7.11 Å². The molecule has 0 aliphatic rings. The maximum atomic E-state index is 11.0. The molecule has 82 valence electrons. The second-order valence-corrected chi connectivity index (χ2v) is 3.26. The lowest BCUT2D eigenvalue weighted by molar-refractivity contribution is -0.139. The molecule has 1 aromatic carbocycles. The number of oxazole rings is 1. The summed E-state index contributed by atoms with van der Waals surface area (Å²) in [5, 5.41) is 0. The van der Waals surface area contributed by atoms with Crippen molar-refractivity contribution in [2.24, 2.45) is 0 Å². The molecular formula is C12H11NO3. The first-order chi connectivity index (χ1) is 7.79. The first kappa shape index (κ1) is 10.4. The normalized spacial score (nSPS) is 10.1. The van der Waals surface area contributed by atoms with Gasteiger partial charge in [-0.15, -0.1) is 0 Å². The second-order valence-electron chi connectivity index (χ2n) is 3.26. The summed E-state index contributed by atoms with van der Waals surface area (Å²) < 4.78 is 9.83. The summed E-state index contributed by atoms with van der Waals surface area (Å²) in [6, 6.07) is 9.52. The molecule has 0 saturated carbocycles. The van der Waals surface area contributed by atoms with E-state index in [1.807, 2.05) is 30.3 Å². The zero-order chi connectivity index (χ0) is 11.4. The monoisotopic (exact) mass is 217 g/mol. The van der Waals surface area contributed by atoms with E-state index >= 15 is 0 Å². The van der Waals surface area contributed by atoms with Gasteiger partial charge in [0.15, 0.2) is 0 Å². The number of nitrogens with zero attached hydrogens (tertiary/aromatic N) is 1. The Bertz CT molecular complexity index is 476. The van der Waals surface area contributed by atoms with E-state index in [1.165, 1.54) is 13.4 Å². The van der Waals surface area contributed by atoms with E-state index in [2.05, 4.69) is 9.72 Å². The summed E-state index contributed by atoms with van der Waals surface area (Å²) >= 11 is 0. The van der Waals surface area contributed by atoms with E-state index in [9.17, 15) is 4.79 Å². The Labute approximate surface area is 92.9 Å². The van der Waals surface area contributed by atoms with Crippen molar-refractivity contribution in [3.8, 4) is 11.5 Å². The Morgan fingerprint density at radius 2 is 2.12 bits per heavy atom. The summed E-state index contributed by atoms with van der Waals surface area (Å²) in [5.41, 5.74) is 1.46. The number of hydrogen-bond donors (Lipinski definition) is 0. The standard InChI is InChI=1S/C12H11NO3/c1-15-11(14)7-10-8-16-12(13-10)9-5-3-2-4-6-9/h2-6,8H,7H2,1H3. The zero-order valence-corrected chi connectivity index (χ0v) is 8.84. The molecule has 0 unspecified atom stereocenters. The number of methoxy groups -OCH3 is 1. The van der Waals surface area contributed by atoms with Gasteiger partial charge >= 0.3 is 5.97 Å². The van der Waals surface area contributed by atoms with Crippen LogP contribution >= 0.6 is 0 Å². The third-order valence-electron chi connectivity index (χ3n) is 2.13. The van der Waals surface area contributed by atoms with Gasteiger partial charge < -0.3 is 9.15 Å². The molecule has 2 aromatic rings. The molecular weight excluding hydrogens is 206 g/mol. The SMILES string of the molecule is COC(=O)Cc1coc(-c2ccccc2)n1. The molecule has 0 aliphatic carbocycles. The molecule has 0 saturated heterocycles. The lowest BCUT2D eigenvalue weighted by Crippen LogP contribution is -2.04. The molecule has 4 nitrogen and oxygen atoms in total. The highest BCUT2D eigenvalue weighted by Crippen LogP contribution is 2.18. The Balaban J connectivity index is 2.17. The highest BCUT2D eigenvalue weighted by atomic mass is 16.5. The molecule has 0 fully saturated rings. The maximum Gasteiger partial charge on any atom is 0.311 e. The number of carbonyl (C=O) groups excluding carboxylic acids is 1. The minimum atomic E-state index is -0.326. The fourth-order valence-electron chi connectivity index (χ4n) is 1.32. The van der Waals surface area contributed by atoms with Crippen LogP contribution in [-0.4, -0.2) is 18.1 Å². The van der Waals surface area contributed by atoms with Crippen LogP contribution < -0.4 is 0 Å². The van der Waals surface area contributed by atoms with Crippen LogP contribution in [0.5, 0.6) is 0 Å². The number of esters is 1. The van der Waals surface area contributed by atoms with Gasteiger partial charge in [0, 0.05) is 5.56 Å². The van der Waals surface area contributed by atoms with Crippen molar-refractivity contribution in [3.63, 3.8) is 0 Å². The Morgan fingerprint density at radius 3 is 2.81 bits per heavy atom. The minimum absolute atomic E-state index is 0.132. The maximum absolute atomic E-state index is 11.0. The number of rotatable bonds is 3. The van der Waals surface area contributed by atoms with Crippen LogP contribution in [0.25, 0.3) is 11.5 Å². The van der Waals surface area contributed by atoms with Crippen molar-refractivity contribution in [1.82, 2.24) is 4.98 Å². The van der Waals surface area contributed by atoms with Crippen LogP contribution in [0.4, 0.5) is 0 Å². The lowest BCUT2D eigenvalue weighted by atomic mass is 10.2. The summed E-state index contributed by atoms with van der Waals surface area (Å²) in [5.74, 6) is 0.187. The fourth-order valence-corrected chi connectivity index (χ4v) is 1.32. The predicted octanol–water partition coefficient (Wildman–Crippen LogP) is 2.06. The van der Waals surface area contributed by atoms with E-state index in [0.717, 1.165) is 5.56 Å². The van der Waals surface area contributed by atoms with E-state index in [4.69, 9.17) is 4.42 Å². The third-order valence-corrected chi connectivity index (χ3v) is 2.13. The molecule has 0 aliphatic heterocycles. The van der Waals surface area contributed by atoms with Gasteiger partial charge in [-0.2, -0.15) is 0 Å². The first-order valence-corrected chi connectivity index (χ1v) is 4.86. The van der Waals surface area contributed by atoms with Gasteiger partial charge in [0.25, 0.3) is 0 Å². The van der Waals surface area contributed by atoms with Gasteiger partial charge in [0.2, 0.25) is 5.89 Å². The van der Waals surface area contributed by atoms with Crippen molar-refractivity contribution in [3.05, 3.63) is 42.3 Å².